The molecule has 0 saturated carbocycles. The molecule has 0 aliphatic rings. The van der Waals surface area contributed by atoms with Gasteiger partial charge in [0.2, 0.25) is 0 Å². The lowest BCUT2D eigenvalue weighted by atomic mass is 10.1. The van der Waals surface area contributed by atoms with Crippen molar-refractivity contribution in [3.8, 4) is 17.2 Å². The topological polar surface area (TPSA) is 140 Å². The monoisotopic (exact) mass is 360 g/mol. The second-order valence-corrected chi connectivity index (χ2v) is 6.52. The first kappa shape index (κ1) is 16.7. The van der Waals surface area contributed by atoms with Crippen molar-refractivity contribution in [2.24, 2.45) is 10.2 Å². The van der Waals surface area contributed by atoms with E-state index in [4.69, 9.17) is 0 Å². The van der Waals surface area contributed by atoms with Gasteiger partial charge < -0.3 is 15.3 Å². The van der Waals surface area contributed by atoms with E-state index in [2.05, 4.69) is 10.2 Å². The number of azo groups is 1. The molecule has 0 bridgehead atoms. The van der Waals surface area contributed by atoms with E-state index in [1.165, 1.54) is 42.5 Å². The molecule has 0 radical (unpaired) electrons. The third-order valence-electron chi connectivity index (χ3n) is 3.46. The summed E-state index contributed by atoms with van der Waals surface area (Å²) in [5, 5.41) is 36.9. The van der Waals surface area contributed by atoms with Crippen molar-refractivity contribution in [1.82, 2.24) is 0 Å². The van der Waals surface area contributed by atoms with Gasteiger partial charge in [0.15, 0.2) is 5.75 Å². The van der Waals surface area contributed by atoms with Crippen LogP contribution in [0.5, 0.6) is 17.2 Å². The summed E-state index contributed by atoms with van der Waals surface area (Å²) in [4.78, 5) is -0.518. The van der Waals surface area contributed by atoms with Crippen LogP contribution in [0.15, 0.2) is 63.7 Å². The van der Waals surface area contributed by atoms with E-state index in [0.29, 0.717) is 5.69 Å². The molecule has 0 heterocycles. The molecule has 0 fully saturated rings. The normalized spacial score (nSPS) is 12.0. The lowest BCUT2D eigenvalue weighted by molar-refractivity contribution is 0.463. The zero-order valence-electron chi connectivity index (χ0n) is 12.5. The average Bonchev–Trinajstić information content (AvgIpc) is 2.54. The first-order chi connectivity index (χ1) is 11.8. The zero-order valence-corrected chi connectivity index (χ0v) is 13.3. The predicted octanol–water partition coefficient (Wildman–Crippen LogP) is 3.62. The van der Waals surface area contributed by atoms with Crippen LogP contribution >= 0.6 is 0 Å². The fourth-order valence-corrected chi connectivity index (χ4v) is 3.02. The number of fused-ring (bicyclic) bond motifs is 1. The van der Waals surface area contributed by atoms with Crippen molar-refractivity contribution >= 4 is 32.3 Å². The van der Waals surface area contributed by atoms with Gasteiger partial charge in [-0.15, -0.1) is 5.11 Å². The third-order valence-corrected chi connectivity index (χ3v) is 4.35. The molecular formula is C16H12N2O6S. The van der Waals surface area contributed by atoms with Crippen LogP contribution in [0.3, 0.4) is 0 Å². The van der Waals surface area contributed by atoms with E-state index in [0.717, 1.165) is 6.07 Å². The molecule has 0 spiro atoms. The average molecular weight is 360 g/mol. The van der Waals surface area contributed by atoms with Crippen LogP contribution in [0.25, 0.3) is 10.8 Å². The Bertz CT molecular complexity index is 1090. The summed E-state index contributed by atoms with van der Waals surface area (Å²) in [5.41, 5.74) is 0.0812. The smallest absolute Gasteiger partial charge is 0.295 e. The maximum Gasteiger partial charge on any atom is 0.295 e. The molecule has 3 aromatic carbocycles. The second kappa shape index (κ2) is 6.04. The highest BCUT2D eigenvalue weighted by molar-refractivity contribution is 7.86. The van der Waals surface area contributed by atoms with Gasteiger partial charge in [0, 0.05) is 5.39 Å². The number of hydrogen-bond acceptors (Lipinski definition) is 7. The van der Waals surface area contributed by atoms with Crippen LogP contribution in [-0.4, -0.2) is 28.3 Å². The number of rotatable bonds is 3. The standard InChI is InChI=1S/C16H12N2O6S/c19-10-6-4-9(5-7-10)17-18-12-8-14(25(22,23)24)11-2-1-3-13(20)15(11)16(12)21/h1-8,19-21H,(H,22,23,24). The Kier molecular flexibility index (Phi) is 4.03. The Labute approximate surface area is 142 Å². The SMILES string of the molecule is O=S(=O)(O)c1cc(N=Nc2ccc(O)cc2)c(O)c2c(O)cccc12. The number of aromatic hydroxyl groups is 3. The maximum atomic E-state index is 11.6. The van der Waals surface area contributed by atoms with Gasteiger partial charge in [-0.25, -0.2) is 0 Å². The minimum Gasteiger partial charge on any atom is -0.508 e. The third kappa shape index (κ3) is 3.23. The van der Waals surface area contributed by atoms with Gasteiger partial charge in [0.05, 0.1) is 11.1 Å². The fourth-order valence-electron chi connectivity index (χ4n) is 2.31. The van der Waals surface area contributed by atoms with E-state index in [1.807, 2.05) is 0 Å². The fraction of sp³-hybridized carbons (Fsp3) is 0. The molecule has 4 N–H and O–H groups in total. The summed E-state index contributed by atoms with van der Waals surface area (Å²) in [6.45, 7) is 0. The minimum absolute atomic E-state index is 0.0334. The quantitative estimate of drug-likeness (QED) is 0.415. The maximum absolute atomic E-state index is 11.6. The molecule has 3 aromatic rings. The first-order valence-corrected chi connectivity index (χ1v) is 8.37. The lowest BCUT2D eigenvalue weighted by Gasteiger charge is -2.09. The lowest BCUT2D eigenvalue weighted by Crippen LogP contribution is -1.99. The van der Waals surface area contributed by atoms with Crippen molar-refractivity contribution < 1.29 is 28.3 Å². The van der Waals surface area contributed by atoms with E-state index < -0.39 is 20.8 Å². The molecule has 0 amide bonds. The van der Waals surface area contributed by atoms with Crippen molar-refractivity contribution in [3.63, 3.8) is 0 Å². The van der Waals surface area contributed by atoms with Crippen LogP contribution < -0.4 is 0 Å². The highest BCUT2D eigenvalue weighted by Crippen LogP contribution is 2.43. The first-order valence-electron chi connectivity index (χ1n) is 6.93. The van der Waals surface area contributed by atoms with Crippen LogP contribution in [0, 0.1) is 0 Å². The van der Waals surface area contributed by atoms with Crippen LogP contribution in [-0.2, 0) is 10.1 Å². The van der Waals surface area contributed by atoms with Crippen molar-refractivity contribution in [3.05, 3.63) is 48.5 Å². The summed E-state index contributed by atoms with van der Waals surface area (Å²) in [6, 6.07) is 10.6. The summed E-state index contributed by atoms with van der Waals surface area (Å²) >= 11 is 0. The largest absolute Gasteiger partial charge is 0.508 e. The molecule has 0 aliphatic carbocycles. The molecule has 9 heteroatoms. The van der Waals surface area contributed by atoms with E-state index in [9.17, 15) is 28.3 Å². The Morgan fingerprint density at radius 2 is 1.56 bits per heavy atom. The van der Waals surface area contributed by atoms with Crippen molar-refractivity contribution in [2.75, 3.05) is 0 Å². The van der Waals surface area contributed by atoms with Gasteiger partial charge in [-0.2, -0.15) is 13.5 Å². The minimum atomic E-state index is -4.63. The summed E-state index contributed by atoms with van der Waals surface area (Å²) in [7, 11) is -4.63. The molecule has 0 aliphatic heterocycles. The Balaban J connectivity index is 2.23. The number of phenolic OH excluding ortho intramolecular Hbond substituents is 3. The predicted molar refractivity (Wildman–Crippen MR) is 89.4 cm³/mol. The molecule has 3 rings (SSSR count). The molecule has 25 heavy (non-hydrogen) atoms. The molecule has 0 aromatic heterocycles. The van der Waals surface area contributed by atoms with Gasteiger partial charge in [-0.05, 0) is 36.4 Å². The van der Waals surface area contributed by atoms with Gasteiger partial charge in [0.25, 0.3) is 10.1 Å². The molecule has 128 valence electrons. The van der Waals surface area contributed by atoms with Gasteiger partial charge >= 0.3 is 0 Å². The second-order valence-electron chi connectivity index (χ2n) is 5.13. The molecule has 0 unspecified atom stereocenters. The summed E-state index contributed by atoms with van der Waals surface area (Å²) in [6.07, 6.45) is 0. The number of benzene rings is 3. The van der Waals surface area contributed by atoms with Gasteiger partial charge in [-0.3, -0.25) is 4.55 Å². The number of phenols is 3. The summed E-state index contributed by atoms with van der Waals surface area (Å²) < 4.78 is 32.7. The number of nitrogens with zero attached hydrogens (tertiary/aromatic N) is 2. The summed E-state index contributed by atoms with van der Waals surface area (Å²) in [5.74, 6) is -0.823. The highest BCUT2D eigenvalue weighted by Gasteiger charge is 2.21. The molecule has 8 nitrogen and oxygen atoms in total. The molecule has 0 atom stereocenters. The van der Waals surface area contributed by atoms with Crippen LogP contribution in [0.1, 0.15) is 0 Å². The number of hydrogen-bond donors (Lipinski definition) is 4. The Morgan fingerprint density at radius 1 is 0.880 bits per heavy atom. The van der Waals surface area contributed by atoms with Crippen LogP contribution in [0.4, 0.5) is 11.4 Å². The molecule has 0 saturated heterocycles. The molecular weight excluding hydrogens is 348 g/mol. The zero-order chi connectivity index (χ0) is 18.2. The van der Waals surface area contributed by atoms with Gasteiger partial charge in [-0.1, -0.05) is 12.1 Å². The van der Waals surface area contributed by atoms with E-state index in [1.54, 1.807) is 0 Å². The van der Waals surface area contributed by atoms with Gasteiger partial charge in [0.1, 0.15) is 22.1 Å². The van der Waals surface area contributed by atoms with E-state index in [-0.39, 0.29) is 28.0 Å². The Hall–Kier alpha value is -3.17. The van der Waals surface area contributed by atoms with Crippen molar-refractivity contribution in [2.45, 2.75) is 4.90 Å². The highest BCUT2D eigenvalue weighted by atomic mass is 32.2. The van der Waals surface area contributed by atoms with Crippen LogP contribution in [0.2, 0.25) is 0 Å². The van der Waals surface area contributed by atoms with E-state index >= 15 is 0 Å². The Morgan fingerprint density at radius 3 is 2.20 bits per heavy atom. The van der Waals surface area contributed by atoms with Crippen molar-refractivity contribution in [1.29, 1.82) is 0 Å².